The smallest absolute Gasteiger partial charge is 0.253 e. The molecule has 0 fully saturated rings. The molecule has 3 amide bonds. The number of carbonyl (C=O) groups excluding carboxylic acids is 3. The molecule has 0 spiro atoms. The number of H-pyrrole nitrogens is 1. The van der Waals surface area contributed by atoms with E-state index in [2.05, 4.69) is 15.6 Å². The predicted molar refractivity (Wildman–Crippen MR) is 137 cm³/mol. The zero-order valence-electron chi connectivity index (χ0n) is 19.1. The molecule has 178 valence electrons. The highest BCUT2D eigenvalue weighted by atomic mass is 35.5. The number of benzene rings is 3. The quantitative estimate of drug-likeness (QED) is 0.346. The number of para-hydroxylation sites is 2. The molecule has 0 aliphatic rings. The maximum absolute atomic E-state index is 13.4. The van der Waals surface area contributed by atoms with Crippen molar-refractivity contribution in [3.05, 3.63) is 101 Å². The van der Waals surface area contributed by atoms with Crippen LogP contribution in [0.5, 0.6) is 0 Å². The lowest BCUT2D eigenvalue weighted by Crippen LogP contribution is -2.50. The van der Waals surface area contributed by atoms with Gasteiger partial charge in [0.05, 0.1) is 17.1 Å². The average Bonchev–Trinajstić information content (AvgIpc) is 3.26. The van der Waals surface area contributed by atoms with Crippen molar-refractivity contribution in [2.75, 3.05) is 18.9 Å². The fraction of sp³-hybridized carbons (Fsp3) is 0.148. The molecule has 1 aromatic heterocycles. The van der Waals surface area contributed by atoms with Crippen molar-refractivity contribution < 1.29 is 14.4 Å². The molecule has 1 heterocycles. The molecule has 3 aromatic carbocycles. The summed E-state index contributed by atoms with van der Waals surface area (Å²) in [7, 11) is 1.54. The number of carbonyl (C=O) groups is 3. The highest BCUT2D eigenvalue weighted by Crippen LogP contribution is 2.20. The number of hydrogen-bond acceptors (Lipinski definition) is 3. The van der Waals surface area contributed by atoms with Crippen LogP contribution in [0.15, 0.2) is 85.1 Å². The number of aromatic nitrogens is 1. The maximum Gasteiger partial charge on any atom is 0.253 e. The van der Waals surface area contributed by atoms with Gasteiger partial charge in [0.25, 0.3) is 5.91 Å². The normalized spacial score (nSPS) is 11.6. The van der Waals surface area contributed by atoms with Gasteiger partial charge in [-0.1, -0.05) is 60.1 Å². The van der Waals surface area contributed by atoms with Crippen LogP contribution in [0.1, 0.15) is 15.9 Å². The Balaban J connectivity index is 1.53. The molecule has 35 heavy (non-hydrogen) atoms. The van der Waals surface area contributed by atoms with E-state index in [4.69, 9.17) is 11.6 Å². The highest BCUT2D eigenvalue weighted by Gasteiger charge is 2.27. The van der Waals surface area contributed by atoms with Crippen LogP contribution in [0.3, 0.4) is 0 Å². The number of nitrogens with zero attached hydrogens (tertiary/aromatic N) is 1. The topological polar surface area (TPSA) is 94.3 Å². The van der Waals surface area contributed by atoms with Crippen LogP contribution < -0.4 is 10.6 Å². The number of halogens is 1. The van der Waals surface area contributed by atoms with Gasteiger partial charge in [0, 0.05) is 36.3 Å². The number of rotatable bonds is 8. The first-order chi connectivity index (χ1) is 16.9. The van der Waals surface area contributed by atoms with Crippen molar-refractivity contribution in [3.8, 4) is 0 Å². The number of fused-ring (bicyclic) bond motifs is 1. The molecule has 4 aromatic rings. The van der Waals surface area contributed by atoms with E-state index in [1.807, 2.05) is 48.7 Å². The van der Waals surface area contributed by atoms with Crippen LogP contribution >= 0.6 is 11.6 Å². The summed E-state index contributed by atoms with van der Waals surface area (Å²) in [6.45, 7) is -0.167. The Hall–Kier alpha value is -4.10. The van der Waals surface area contributed by atoms with Gasteiger partial charge in [-0.05, 0) is 35.9 Å². The summed E-state index contributed by atoms with van der Waals surface area (Å²) in [6.07, 6.45) is 2.07. The van der Waals surface area contributed by atoms with Gasteiger partial charge in [0.2, 0.25) is 11.8 Å². The largest absolute Gasteiger partial charge is 0.361 e. The molecule has 0 bridgehead atoms. The molecule has 0 radical (unpaired) electrons. The Kier molecular flexibility index (Phi) is 7.48. The minimum Gasteiger partial charge on any atom is -0.361 e. The van der Waals surface area contributed by atoms with Gasteiger partial charge in [-0.2, -0.15) is 0 Å². The Labute approximate surface area is 208 Å². The van der Waals surface area contributed by atoms with Crippen molar-refractivity contribution >= 4 is 45.9 Å². The van der Waals surface area contributed by atoms with Crippen molar-refractivity contribution in [1.82, 2.24) is 15.2 Å². The molecule has 0 aliphatic carbocycles. The fourth-order valence-electron chi connectivity index (χ4n) is 3.88. The summed E-state index contributed by atoms with van der Waals surface area (Å²) < 4.78 is 0. The van der Waals surface area contributed by atoms with E-state index < -0.39 is 11.9 Å². The molecule has 1 atom stereocenters. The molecule has 7 nitrogen and oxygen atoms in total. The summed E-state index contributed by atoms with van der Waals surface area (Å²) in [6, 6.07) is 22.5. The third-order valence-corrected chi connectivity index (χ3v) is 5.96. The molecular formula is C27H25ClN4O3. The summed E-state index contributed by atoms with van der Waals surface area (Å²) in [5.74, 6) is -1.19. The van der Waals surface area contributed by atoms with Gasteiger partial charge in [-0.15, -0.1) is 0 Å². The minimum atomic E-state index is -0.910. The molecule has 0 saturated carbocycles. The number of amides is 3. The summed E-state index contributed by atoms with van der Waals surface area (Å²) in [5.41, 5.74) is 2.72. The van der Waals surface area contributed by atoms with E-state index in [-0.39, 0.29) is 30.3 Å². The number of anilines is 1. The third-order valence-electron chi connectivity index (χ3n) is 5.64. The fourth-order valence-corrected chi connectivity index (χ4v) is 4.10. The first-order valence-corrected chi connectivity index (χ1v) is 11.5. The van der Waals surface area contributed by atoms with Gasteiger partial charge in [0.15, 0.2) is 0 Å². The molecular weight excluding hydrogens is 464 g/mol. The summed E-state index contributed by atoms with van der Waals surface area (Å²) in [4.78, 5) is 43.5. The van der Waals surface area contributed by atoms with E-state index in [0.29, 0.717) is 10.7 Å². The van der Waals surface area contributed by atoms with E-state index in [9.17, 15) is 14.4 Å². The van der Waals surface area contributed by atoms with E-state index in [1.165, 1.54) is 11.9 Å². The molecule has 4 rings (SSSR count). The molecule has 0 saturated heterocycles. The lowest BCUT2D eigenvalue weighted by atomic mass is 10.0. The number of likely N-dealkylation sites (N-methyl/N-ethyl adjacent to an activating group) is 1. The van der Waals surface area contributed by atoms with E-state index in [1.54, 1.807) is 36.4 Å². The Morgan fingerprint density at radius 2 is 1.63 bits per heavy atom. The molecule has 0 aliphatic heterocycles. The average molecular weight is 489 g/mol. The lowest BCUT2D eigenvalue weighted by Gasteiger charge is -2.24. The Bertz CT molecular complexity index is 1350. The van der Waals surface area contributed by atoms with E-state index in [0.717, 1.165) is 16.5 Å². The van der Waals surface area contributed by atoms with Gasteiger partial charge < -0.3 is 20.5 Å². The number of hydrogen-bond donors (Lipinski definition) is 3. The van der Waals surface area contributed by atoms with Gasteiger partial charge >= 0.3 is 0 Å². The zero-order valence-corrected chi connectivity index (χ0v) is 19.9. The Morgan fingerprint density at radius 1 is 0.943 bits per heavy atom. The second kappa shape index (κ2) is 10.9. The number of aromatic amines is 1. The second-order valence-corrected chi connectivity index (χ2v) is 8.59. The monoisotopic (exact) mass is 488 g/mol. The zero-order chi connectivity index (χ0) is 24.8. The first kappa shape index (κ1) is 24.0. The van der Waals surface area contributed by atoms with Crippen molar-refractivity contribution in [1.29, 1.82) is 0 Å². The standard InChI is InChI=1S/C27H25ClN4O3/c1-32(17-25(33)30-19-9-3-2-4-10-19)27(35)24(31-26(34)21-12-5-7-13-22(21)28)15-18-16-29-23-14-8-6-11-20(18)23/h2-14,16,24,29H,15,17H2,1H3,(H,30,33)(H,31,34). The van der Waals surface area contributed by atoms with Crippen molar-refractivity contribution in [2.45, 2.75) is 12.5 Å². The predicted octanol–water partition coefficient (Wildman–Crippen LogP) is 4.26. The van der Waals surface area contributed by atoms with Crippen LogP contribution in [-0.4, -0.2) is 47.2 Å². The SMILES string of the molecule is CN(CC(=O)Nc1ccccc1)C(=O)C(Cc1c[nH]c2ccccc12)NC(=O)c1ccccc1Cl. The van der Waals surface area contributed by atoms with Gasteiger partial charge in [-0.25, -0.2) is 0 Å². The molecule has 3 N–H and O–H groups in total. The van der Waals surface area contributed by atoms with Crippen LogP contribution in [0, 0.1) is 0 Å². The first-order valence-electron chi connectivity index (χ1n) is 11.1. The van der Waals surface area contributed by atoms with E-state index >= 15 is 0 Å². The van der Waals surface area contributed by atoms with Gasteiger partial charge in [-0.3, -0.25) is 14.4 Å². The van der Waals surface area contributed by atoms with Crippen LogP contribution in [0.2, 0.25) is 5.02 Å². The maximum atomic E-state index is 13.4. The third kappa shape index (κ3) is 5.88. The summed E-state index contributed by atoms with van der Waals surface area (Å²) in [5, 5.41) is 6.84. The van der Waals surface area contributed by atoms with Crippen molar-refractivity contribution in [2.24, 2.45) is 0 Å². The van der Waals surface area contributed by atoms with Crippen LogP contribution in [-0.2, 0) is 16.0 Å². The molecule has 8 heteroatoms. The highest BCUT2D eigenvalue weighted by molar-refractivity contribution is 6.33. The van der Waals surface area contributed by atoms with Gasteiger partial charge in [0.1, 0.15) is 6.04 Å². The van der Waals surface area contributed by atoms with Crippen molar-refractivity contribution in [3.63, 3.8) is 0 Å². The van der Waals surface area contributed by atoms with Crippen LogP contribution in [0.4, 0.5) is 5.69 Å². The second-order valence-electron chi connectivity index (χ2n) is 8.18. The Morgan fingerprint density at radius 3 is 2.40 bits per heavy atom. The number of nitrogens with one attached hydrogen (secondary N) is 3. The minimum absolute atomic E-state index is 0.167. The lowest BCUT2D eigenvalue weighted by molar-refractivity contribution is -0.135. The molecule has 1 unspecified atom stereocenters. The van der Waals surface area contributed by atoms with Crippen LogP contribution in [0.25, 0.3) is 10.9 Å². The summed E-state index contributed by atoms with van der Waals surface area (Å²) >= 11 is 6.20.